The summed E-state index contributed by atoms with van der Waals surface area (Å²) < 4.78 is 14.8. The number of benzene rings is 2. The largest absolute Gasteiger partial charge is 0.337 e. The minimum atomic E-state index is -0.514. The molecule has 8 heteroatoms. The highest BCUT2D eigenvalue weighted by atomic mass is 19.1. The van der Waals surface area contributed by atoms with Gasteiger partial charge in [0.05, 0.1) is 11.0 Å². The number of carbonyl (C=O) groups excluding carboxylic acids is 1. The summed E-state index contributed by atoms with van der Waals surface area (Å²) in [5, 5.41) is 8.00. The molecule has 2 aromatic carbocycles. The molecule has 1 saturated heterocycles. The van der Waals surface area contributed by atoms with Crippen molar-refractivity contribution in [2.24, 2.45) is 5.92 Å². The molecule has 3 heterocycles. The van der Waals surface area contributed by atoms with E-state index in [4.69, 9.17) is 0 Å². The Morgan fingerprint density at radius 3 is 2.67 bits per heavy atom. The van der Waals surface area contributed by atoms with Crippen LogP contribution in [0.1, 0.15) is 28.9 Å². The number of carbonyl (C=O) groups is 1. The number of hydrogen-bond donors (Lipinski definition) is 1. The summed E-state index contributed by atoms with van der Waals surface area (Å²) in [5.41, 5.74) is 1.70. The van der Waals surface area contributed by atoms with Gasteiger partial charge in [-0.3, -0.25) is 9.59 Å². The Bertz CT molecular complexity index is 1290. The van der Waals surface area contributed by atoms with Gasteiger partial charge in [-0.1, -0.05) is 35.5 Å². The van der Waals surface area contributed by atoms with Crippen molar-refractivity contribution in [1.29, 1.82) is 0 Å². The number of nitrogens with one attached hydrogen (secondary N) is 1. The first-order valence-corrected chi connectivity index (χ1v) is 10.0. The van der Waals surface area contributed by atoms with Gasteiger partial charge in [0.2, 0.25) is 0 Å². The fraction of sp³-hybridized carbons (Fsp3) is 0.273. The Morgan fingerprint density at radius 1 is 1.13 bits per heavy atom. The summed E-state index contributed by atoms with van der Waals surface area (Å²) in [6.07, 6.45) is 2.80. The standard InChI is InChI=1S/C22H20FN5O2/c23-16-6-7-18-17(13-16)24-21(29)20-19(25-26-28(18)20)22(30)27-10-8-15(9-11-27)12-14-4-2-1-3-5-14/h1-7,13,15H,8-12H2,(H,24,29). The molecule has 2 aromatic heterocycles. The molecule has 4 aromatic rings. The lowest BCUT2D eigenvalue weighted by Crippen LogP contribution is -2.39. The zero-order valence-corrected chi connectivity index (χ0v) is 16.2. The number of aromatic nitrogens is 4. The van der Waals surface area contributed by atoms with Gasteiger partial charge in [0.25, 0.3) is 11.5 Å². The number of amides is 1. The maximum absolute atomic E-state index is 13.5. The molecule has 30 heavy (non-hydrogen) atoms. The van der Waals surface area contributed by atoms with E-state index in [-0.39, 0.29) is 17.1 Å². The van der Waals surface area contributed by atoms with Gasteiger partial charge in [-0.05, 0) is 48.9 Å². The highest BCUT2D eigenvalue weighted by Gasteiger charge is 2.28. The lowest BCUT2D eigenvalue weighted by Gasteiger charge is -2.31. The maximum Gasteiger partial charge on any atom is 0.277 e. The summed E-state index contributed by atoms with van der Waals surface area (Å²) in [5.74, 6) is -0.238. The Kier molecular flexibility index (Phi) is 4.54. The number of hydrogen-bond acceptors (Lipinski definition) is 4. The number of nitrogens with zero attached hydrogens (tertiary/aromatic N) is 4. The number of halogens is 1. The van der Waals surface area contributed by atoms with Crippen LogP contribution in [0.3, 0.4) is 0 Å². The number of fused-ring (bicyclic) bond motifs is 3. The van der Waals surface area contributed by atoms with Crippen LogP contribution in [0, 0.1) is 11.7 Å². The van der Waals surface area contributed by atoms with E-state index in [0.29, 0.717) is 30.0 Å². The van der Waals surface area contributed by atoms with Gasteiger partial charge in [-0.2, -0.15) is 0 Å². The molecule has 1 N–H and O–H groups in total. The van der Waals surface area contributed by atoms with Crippen molar-refractivity contribution in [3.63, 3.8) is 0 Å². The van der Waals surface area contributed by atoms with Crippen LogP contribution in [0.2, 0.25) is 0 Å². The number of H-pyrrole nitrogens is 1. The van der Waals surface area contributed by atoms with E-state index in [1.807, 2.05) is 18.2 Å². The van der Waals surface area contributed by atoms with Crippen molar-refractivity contribution in [3.8, 4) is 0 Å². The van der Waals surface area contributed by atoms with E-state index < -0.39 is 11.4 Å². The topological polar surface area (TPSA) is 83.4 Å². The molecule has 0 saturated carbocycles. The lowest BCUT2D eigenvalue weighted by atomic mass is 9.90. The molecular weight excluding hydrogens is 385 g/mol. The van der Waals surface area contributed by atoms with Crippen molar-refractivity contribution in [1.82, 2.24) is 24.7 Å². The molecule has 152 valence electrons. The van der Waals surface area contributed by atoms with Crippen molar-refractivity contribution in [2.75, 3.05) is 13.1 Å². The van der Waals surface area contributed by atoms with Crippen molar-refractivity contribution in [2.45, 2.75) is 19.3 Å². The molecule has 7 nitrogen and oxygen atoms in total. The smallest absolute Gasteiger partial charge is 0.277 e. The van der Waals surface area contributed by atoms with Gasteiger partial charge in [0.15, 0.2) is 11.2 Å². The molecule has 0 spiro atoms. The van der Waals surface area contributed by atoms with Crippen LogP contribution in [0.5, 0.6) is 0 Å². The highest BCUT2D eigenvalue weighted by molar-refractivity contribution is 5.99. The van der Waals surface area contributed by atoms with E-state index in [1.165, 1.54) is 28.3 Å². The molecule has 0 atom stereocenters. The van der Waals surface area contributed by atoms with Gasteiger partial charge in [-0.15, -0.1) is 5.10 Å². The van der Waals surface area contributed by atoms with Gasteiger partial charge in [0, 0.05) is 13.1 Å². The second-order valence-electron chi connectivity index (χ2n) is 7.74. The molecule has 0 unspecified atom stereocenters. The van der Waals surface area contributed by atoms with Crippen LogP contribution in [-0.2, 0) is 6.42 Å². The van der Waals surface area contributed by atoms with Crippen LogP contribution in [0.15, 0.2) is 53.3 Å². The fourth-order valence-corrected chi connectivity index (χ4v) is 4.21. The Morgan fingerprint density at radius 2 is 1.90 bits per heavy atom. The first kappa shape index (κ1) is 18.5. The second-order valence-corrected chi connectivity index (χ2v) is 7.74. The predicted octanol–water partition coefficient (Wildman–Crippen LogP) is 2.80. The second kappa shape index (κ2) is 7.37. The molecule has 1 aliphatic heterocycles. The van der Waals surface area contributed by atoms with Crippen molar-refractivity contribution in [3.05, 3.63) is 76.0 Å². The third-order valence-corrected chi connectivity index (χ3v) is 5.79. The Balaban J connectivity index is 1.38. The average molecular weight is 405 g/mol. The van der Waals surface area contributed by atoms with Crippen LogP contribution < -0.4 is 5.56 Å². The van der Waals surface area contributed by atoms with E-state index in [9.17, 15) is 14.0 Å². The van der Waals surface area contributed by atoms with Crippen molar-refractivity contribution >= 4 is 22.5 Å². The molecule has 0 bridgehead atoms. The summed E-state index contributed by atoms with van der Waals surface area (Å²) in [6.45, 7) is 1.23. The van der Waals surface area contributed by atoms with Gasteiger partial charge < -0.3 is 9.88 Å². The minimum Gasteiger partial charge on any atom is -0.337 e. The first-order chi connectivity index (χ1) is 14.6. The molecule has 0 aliphatic carbocycles. The number of likely N-dealkylation sites (tertiary alicyclic amines) is 1. The summed E-state index contributed by atoms with van der Waals surface area (Å²) in [4.78, 5) is 30.0. The molecule has 5 rings (SSSR count). The SMILES string of the molecule is O=C(c1nnn2c1c(=O)[nH]c1cc(F)ccc12)N1CCC(Cc2ccccc2)CC1. The number of rotatable bonds is 3. The zero-order valence-electron chi connectivity index (χ0n) is 16.2. The normalized spacial score (nSPS) is 15.2. The van der Waals surface area contributed by atoms with Crippen molar-refractivity contribution < 1.29 is 9.18 Å². The highest BCUT2D eigenvalue weighted by Crippen LogP contribution is 2.23. The maximum atomic E-state index is 13.5. The molecule has 1 amide bonds. The van der Waals surface area contributed by atoms with Crippen LogP contribution in [-0.4, -0.2) is 43.7 Å². The van der Waals surface area contributed by atoms with E-state index >= 15 is 0 Å². The third-order valence-electron chi connectivity index (χ3n) is 5.79. The quantitative estimate of drug-likeness (QED) is 0.568. The van der Waals surface area contributed by atoms with E-state index in [0.717, 1.165) is 19.3 Å². The summed E-state index contributed by atoms with van der Waals surface area (Å²) in [7, 11) is 0. The average Bonchev–Trinajstić information content (AvgIpc) is 3.20. The first-order valence-electron chi connectivity index (χ1n) is 10.0. The number of piperidine rings is 1. The van der Waals surface area contributed by atoms with Crippen LogP contribution in [0.4, 0.5) is 4.39 Å². The van der Waals surface area contributed by atoms with Crippen LogP contribution in [0.25, 0.3) is 16.6 Å². The van der Waals surface area contributed by atoms with Gasteiger partial charge >= 0.3 is 0 Å². The summed E-state index contributed by atoms with van der Waals surface area (Å²) >= 11 is 0. The Labute approximate surface area is 171 Å². The third kappa shape index (κ3) is 3.24. The lowest BCUT2D eigenvalue weighted by molar-refractivity contribution is 0.0686. The molecule has 1 fully saturated rings. The van der Waals surface area contributed by atoms with Gasteiger partial charge in [-0.25, -0.2) is 8.91 Å². The number of aromatic amines is 1. The fourth-order valence-electron chi connectivity index (χ4n) is 4.21. The predicted molar refractivity (Wildman–Crippen MR) is 110 cm³/mol. The zero-order chi connectivity index (χ0) is 20.7. The molecular formula is C22H20FN5O2. The van der Waals surface area contributed by atoms with E-state index in [1.54, 1.807) is 4.90 Å². The van der Waals surface area contributed by atoms with Gasteiger partial charge in [0.1, 0.15) is 5.82 Å². The summed E-state index contributed by atoms with van der Waals surface area (Å²) in [6, 6.07) is 14.4. The molecule has 0 radical (unpaired) electrons. The Hall–Kier alpha value is -3.55. The van der Waals surface area contributed by atoms with Crippen LogP contribution >= 0.6 is 0 Å². The minimum absolute atomic E-state index is 0.0315. The van der Waals surface area contributed by atoms with E-state index in [2.05, 4.69) is 27.4 Å². The monoisotopic (exact) mass is 405 g/mol. The molecule has 1 aliphatic rings.